The Bertz CT molecular complexity index is 170. The molecule has 6 nitrogen and oxygen atoms in total. The lowest BCUT2D eigenvalue weighted by molar-refractivity contribution is -0.136. The Morgan fingerprint density at radius 2 is 2.08 bits per heavy atom. The second-order valence-electron chi connectivity index (χ2n) is 2.28. The Labute approximate surface area is 75.5 Å². The molecule has 6 heteroatoms. The summed E-state index contributed by atoms with van der Waals surface area (Å²) in [5.41, 5.74) is 0. The number of carboxylic acid groups (broad SMARTS) is 1. The molecule has 0 atom stereocenters. The van der Waals surface area contributed by atoms with E-state index in [1.807, 2.05) is 0 Å². The van der Waals surface area contributed by atoms with Gasteiger partial charge in [-0.2, -0.15) is 0 Å². The number of hydrogen-bond acceptors (Lipinski definition) is 4. The highest BCUT2D eigenvalue weighted by molar-refractivity contribution is 5.70. The Kier molecular flexibility index (Phi) is 6.62. The molecule has 76 valence electrons. The molecule has 1 amide bonds. The molecule has 3 N–H and O–H groups in total. The number of ether oxygens (including phenoxy) is 1. The summed E-state index contributed by atoms with van der Waals surface area (Å²) in [5.74, 6) is -0.976. The van der Waals surface area contributed by atoms with Crippen LogP contribution < -0.4 is 5.32 Å². The summed E-state index contributed by atoms with van der Waals surface area (Å²) in [4.78, 5) is 20.7. The maximum Gasteiger partial charge on any atom is 0.407 e. The van der Waals surface area contributed by atoms with Gasteiger partial charge in [0.2, 0.25) is 0 Å². The van der Waals surface area contributed by atoms with E-state index in [1.54, 1.807) is 0 Å². The minimum Gasteiger partial charge on any atom is -0.481 e. The molecule has 13 heavy (non-hydrogen) atoms. The van der Waals surface area contributed by atoms with E-state index in [4.69, 9.17) is 10.2 Å². The van der Waals surface area contributed by atoms with Crippen LogP contribution in [0.5, 0.6) is 0 Å². The zero-order valence-corrected chi connectivity index (χ0v) is 7.15. The Morgan fingerprint density at radius 3 is 2.62 bits per heavy atom. The number of carbonyl (C=O) groups excluding carboxylic acids is 1. The second kappa shape index (κ2) is 7.35. The summed E-state index contributed by atoms with van der Waals surface area (Å²) >= 11 is 0. The van der Waals surface area contributed by atoms with Crippen LogP contribution in [0.15, 0.2) is 0 Å². The molecule has 0 saturated carbocycles. The molecule has 0 aromatic heterocycles. The van der Waals surface area contributed by atoms with Crippen LogP contribution in [-0.2, 0) is 9.53 Å². The van der Waals surface area contributed by atoms with Gasteiger partial charge in [-0.25, -0.2) is 4.79 Å². The Hall–Kier alpha value is -1.30. The van der Waals surface area contributed by atoms with Gasteiger partial charge >= 0.3 is 12.1 Å². The van der Waals surface area contributed by atoms with Crippen LogP contribution in [-0.4, -0.2) is 42.0 Å². The van der Waals surface area contributed by atoms with Crippen LogP contribution in [0.1, 0.15) is 12.8 Å². The number of nitrogens with one attached hydrogen (secondary N) is 1. The summed E-state index contributed by atoms with van der Waals surface area (Å²) in [6.07, 6.45) is -0.406. The summed E-state index contributed by atoms with van der Waals surface area (Å²) < 4.78 is 4.56. The van der Waals surface area contributed by atoms with Crippen LogP contribution in [0.2, 0.25) is 0 Å². The number of aliphatic carboxylic acids is 1. The monoisotopic (exact) mass is 191 g/mol. The first-order chi connectivity index (χ1) is 6.16. The summed E-state index contributed by atoms with van der Waals surface area (Å²) in [7, 11) is 0. The summed E-state index contributed by atoms with van der Waals surface area (Å²) in [6, 6.07) is 0. The second-order valence-corrected chi connectivity index (χ2v) is 2.28. The van der Waals surface area contributed by atoms with Gasteiger partial charge in [-0.05, 0) is 0 Å². The number of alkyl carbamates (subject to hydrolysis) is 1. The van der Waals surface area contributed by atoms with Gasteiger partial charge in [-0.15, -0.1) is 0 Å². The smallest absolute Gasteiger partial charge is 0.407 e. The molecule has 0 unspecified atom stereocenters. The fraction of sp³-hybridized carbons (Fsp3) is 0.714. The van der Waals surface area contributed by atoms with E-state index in [0.29, 0.717) is 6.42 Å². The van der Waals surface area contributed by atoms with Crippen molar-refractivity contribution >= 4 is 12.1 Å². The van der Waals surface area contributed by atoms with Crippen molar-refractivity contribution in [2.24, 2.45) is 0 Å². The van der Waals surface area contributed by atoms with Crippen molar-refractivity contribution in [2.45, 2.75) is 12.8 Å². The van der Waals surface area contributed by atoms with Gasteiger partial charge in [-0.3, -0.25) is 4.79 Å². The minimum absolute atomic E-state index is 0.0393. The van der Waals surface area contributed by atoms with Crippen molar-refractivity contribution in [3.05, 3.63) is 0 Å². The Balaban J connectivity index is 3.25. The molecule has 0 fully saturated rings. The van der Waals surface area contributed by atoms with E-state index in [0.717, 1.165) is 0 Å². The standard InChI is InChI=1S/C7H13NO5/c9-4-1-5-13-7(12)8-3-2-6(10)11/h9H,1-5H2,(H,8,12)(H,10,11). The van der Waals surface area contributed by atoms with E-state index >= 15 is 0 Å². The highest BCUT2D eigenvalue weighted by atomic mass is 16.5. The van der Waals surface area contributed by atoms with Crippen molar-refractivity contribution in [1.82, 2.24) is 5.32 Å². The molecule has 0 radical (unpaired) electrons. The van der Waals surface area contributed by atoms with Crippen LogP contribution in [0.25, 0.3) is 0 Å². The van der Waals surface area contributed by atoms with Gasteiger partial charge in [0.15, 0.2) is 0 Å². The third kappa shape index (κ3) is 8.61. The molecule has 0 aromatic rings. The van der Waals surface area contributed by atoms with E-state index in [2.05, 4.69) is 10.1 Å². The fourth-order valence-electron chi connectivity index (χ4n) is 0.552. The average molecular weight is 191 g/mol. The third-order valence-corrected chi connectivity index (χ3v) is 1.14. The van der Waals surface area contributed by atoms with Gasteiger partial charge < -0.3 is 20.3 Å². The average Bonchev–Trinajstić information content (AvgIpc) is 2.04. The van der Waals surface area contributed by atoms with Crippen LogP contribution in [0.3, 0.4) is 0 Å². The number of hydrogen-bond donors (Lipinski definition) is 3. The molecule has 0 saturated heterocycles. The minimum atomic E-state index is -0.976. The topological polar surface area (TPSA) is 95.9 Å². The number of aliphatic hydroxyl groups is 1. The molecule has 0 aromatic carbocycles. The molecule has 0 heterocycles. The van der Waals surface area contributed by atoms with E-state index in [9.17, 15) is 9.59 Å². The lowest BCUT2D eigenvalue weighted by atomic mass is 10.4. The molecular formula is C7H13NO5. The molecule has 0 bridgehead atoms. The fourth-order valence-corrected chi connectivity index (χ4v) is 0.552. The normalized spacial score (nSPS) is 9.31. The molecule has 0 rings (SSSR count). The molecule has 0 spiro atoms. The van der Waals surface area contributed by atoms with Gasteiger partial charge in [0.05, 0.1) is 13.0 Å². The molecule has 0 aliphatic heterocycles. The maximum atomic E-state index is 10.7. The first kappa shape index (κ1) is 11.7. The molecular weight excluding hydrogens is 178 g/mol. The van der Waals surface area contributed by atoms with Crippen molar-refractivity contribution in [2.75, 3.05) is 19.8 Å². The zero-order chi connectivity index (χ0) is 10.1. The molecule has 0 aliphatic carbocycles. The lowest BCUT2D eigenvalue weighted by Crippen LogP contribution is -2.27. The zero-order valence-electron chi connectivity index (χ0n) is 7.15. The van der Waals surface area contributed by atoms with E-state index in [-0.39, 0.29) is 26.2 Å². The van der Waals surface area contributed by atoms with Crippen LogP contribution in [0.4, 0.5) is 4.79 Å². The van der Waals surface area contributed by atoms with Gasteiger partial charge in [0.1, 0.15) is 0 Å². The van der Waals surface area contributed by atoms with Crippen LogP contribution >= 0.6 is 0 Å². The van der Waals surface area contributed by atoms with Crippen molar-refractivity contribution in [3.8, 4) is 0 Å². The first-order valence-corrected chi connectivity index (χ1v) is 3.90. The maximum absolute atomic E-state index is 10.7. The van der Waals surface area contributed by atoms with Crippen molar-refractivity contribution < 1.29 is 24.5 Å². The quantitative estimate of drug-likeness (QED) is 0.495. The van der Waals surface area contributed by atoms with E-state index < -0.39 is 12.1 Å². The summed E-state index contributed by atoms with van der Waals surface area (Å²) in [6.45, 7) is 0.144. The highest BCUT2D eigenvalue weighted by Crippen LogP contribution is 1.83. The van der Waals surface area contributed by atoms with Crippen LogP contribution in [0, 0.1) is 0 Å². The van der Waals surface area contributed by atoms with Gasteiger partial charge in [0, 0.05) is 19.6 Å². The van der Waals surface area contributed by atoms with Crippen molar-refractivity contribution in [1.29, 1.82) is 0 Å². The Morgan fingerprint density at radius 1 is 1.38 bits per heavy atom. The largest absolute Gasteiger partial charge is 0.481 e. The number of rotatable bonds is 6. The number of aliphatic hydroxyl groups excluding tert-OH is 1. The first-order valence-electron chi connectivity index (χ1n) is 3.90. The third-order valence-electron chi connectivity index (χ3n) is 1.14. The lowest BCUT2D eigenvalue weighted by Gasteiger charge is -2.04. The summed E-state index contributed by atoms with van der Waals surface area (Å²) in [5, 5.41) is 18.8. The van der Waals surface area contributed by atoms with E-state index in [1.165, 1.54) is 0 Å². The predicted molar refractivity (Wildman–Crippen MR) is 43.3 cm³/mol. The number of carboxylic acids is 1. The number of carbonyl (C=O) groups is 2. The van der Waals surface area contributed by atoms with Gasteiger partial charge in [-0.1, -0.05) is 0 Å². The molecule has 0 aliphatic rings. The predicted octanol–water partition coefficient (Wildman–Crippen LogP) is -0.430. The highest BCUT2D eigenvalue weighted by Gasteiger charge is 2.02. The van der Waals surface area contributed by atoms with Gasteiger partial charge in [0.25, 0.3) is 0 Å². The number of amides is 1. The van der Waals surface area contributed by atoms with Crippen molar-refractivity contribution in [3.63, 3.8) is 0 Å². The SMILES string of the molecule is O=C(O)CCNC(=O)OCCCO.